The van der Waals surface area contributed by atoms with E-state index in [0.29, 0.717) is 18.3 Å². The van der Waals surface area contributed by atoms with E-state index in [1.165, 1.54) is 12.8 Å². The smallest absolute Gasteiger partial charge is 0.156 e. The van der Waals surface area contributed by atoms with Crippen molar-refractivity contribution in [2.45, 2.75) is 103 Å². The lowest BCUT2D eigenvalue weighted by atomic mass is 9.57. The van der Waals surface area contributed by atoms with Crippen molar-refractivity contribution in [3.05, 3.63) is 36.0 Å². The maximum atomic E-state index is 11.8. The van der Waals surface area contributed by atoms with Crippen LogP contribution in [0.25, 0.3) is 0 Å². The predicted octanol–water partition coefficient (Wildman–Crippen LogP) is 5.91. The van der Waals surface area contributed by atoms with E-state index in [0.717, 1.165) is 56.1 Å². The molecule has 0 aromatic heterocycles. The summed E-state index contributed by atoms with van der Waals surface area (Å²) in [5.41, 5.74) is 0.658. The Balaban J connectivity index is 1.72. The van der Waals surface area contributed by atoms with Crippen LogP contribution in [0.1, 0.15) is 91.9 Å². The van der Waals surface area contributed by atoms with Crippen molar-refractivity contribution < 1.29 is 15.0 Å². The van der Waals surface area contributed by atoms with Crippen LogP contribution >= 0.6 is 0 Å². The van der Waals surface area contributed by atoms with Gasteiger partial charge in [-0.15, -0.1) is 0 Å². The summed E-state index contributed by atoms with van der Waals surface area (Å²) in [7, 11) is 0. The van der Waals surface area contributed by atoms with Gasteiger partial charge in [0.15, 0.2) is 5.78 Å². The fourth-order valence-corrected chi connectivity index (χ4v) is 6.73. The van der Waals surface area contributed by atoms with Crippen LogP contribution in [0.15, 0.2) is 36.0 Å². The molecular formula is C27H42O3. The summed E-state index contributed by atoms with van der Waals surface area (Å²) in [5, 5.41) is 21.7. The number of carbonyl (C=O) groups is 1. The fraction of sp³-hybridized carbons (Fsp3) is 0.741. The van der Waals surface area contributed by atoms with Crippen molar-refractivity contribution in [1.82, 2.24) is 0 Å². The maximum absolute atomic E-state index is 11.8. The number of rotatable bonds is 7. The van der Waals surface area contributed by atoms with E-state index < -0.39 is 11.2 Å². The molecule has 0 saturated heterocycles. The van der Waals surface area contributed by atoms with Gasteiger partial charge in [0.05, 0.1) is 11.2 Å². The first-order valence-electron chi connectivity index (χ1n) is 12.0. The van der Waals surface area contributed by atoms with Crippen LogP contribution in [0.4, 0.5) is 0 Å². The first-order valence-corrected chi connectivity index (χ1v) is 12.0. The van der Waals surface area contributed by atoms with Gasteiger partial charge in [0, 0.05) is 6.42 Å². The van der Waals surface area contributed by atoms with E-state index in [1.807, 2.05) is 26.0 Å². The summed E-state index contributed by atoms with van der Waals surface area (Å²) in [4.78, 5) is 11.8. The van der Waals surface area contributed by atoms with Gasteiger partial charge < -0.3 is 10.2 Å². The van der Waals surface area contributed by atoms with Gasteiger partial charge in [-0.05, 0) is 99.2 Å². The molecular weight excluding hydrogens is 372 g/mol. The van der Waals surface area contributed by atoms with Crippen LogP contribution in [0.5, 0.6) is 0 Å². The molecule has 0 spiro atoms. The Morgan fingerprint density at radius 1 is 1.30 bits per heavy atom. The predicted molar refractivity (Wildman–Crippen MR) is 123 cm³/mol. The highest BCUT2D eigenvalue weighted by Crippen LogP contribution is 2.61. The van der Waals surface area contributed by atoms with Crippen molar-refractivity contribution in [2.24, 2.45) is 23.2 Å². The molecule has 2 saturated carbocycles. The lowest BCUT2D eigenvalue weighted by Gasteiger charge is -2.50. The number of ketones is 1. The zero-order valence-corrected chi connectivity index (χ0v) is 19.5. The summed E-state index contributed by atoms with van der Waals surface area (Å²) in [6.07, 6.45) is 15.2. The molecule has 168 valence electrons. The minimum absolute atomic E-state index is 0.152. The minimum Gasteiger partial charge on any atom is -0.390 e. The summed E-state index contributed by atoms with van der Waals surface area (Å²) < 4.78 is 0. The molecule has 2 fully saturated rings. The van der Waals surface area contributed by atoms with Gasteiger partial charge in [0.1, 0.15) is 0 Å². The van der Waals surface area contributed by atoms with Gasteiger partial charge in [-0.1, -0.05) is 45.4 Å². The monoisotopic (exact) mass is 414 g/mol. The van der Waals surface area contributed by atoms with Crippen LogP contribution in [0.2, 0.25) is 0 Å². The summed E-state index contributed by atoms with van der Waals surface area (Å²) >= 11 is 0. The Kier molecular flexibility index (Phi) is 6.84. The third-order valence-corrected chi connectivity index (χ3v) is 8.39. The van der Waals surface area contributed by atoms with Crippen molar-refractivity contribution in [3.63, 3.8) is 0 Å². The van der Waals surface area contributed by atoms with Gasteiger partial charge in [0.2, 0.25) is 0 Å². The highest BCUT2D eigenvalue weighted by atomic mass is 16.3. The van der Waals surface area contributed by atoms with Crippen molar-refractivity contribution >= 4 is 5.78 Å². The Morgan fingerprint density at radius 3 is 2.73 bits per heavy atom. The standard InChI is InChI=1S/C27H42O3/c1-19-9-10-22(28)18-21(19)13-17-27(30)16-7-15-26(5)23(11-12-24(26)27)20(2)8-6-14-25(3,4)29/h13,17-18,20,23-24,29-30H,1,6-12,14-16H2,2-5H3/b17-13+/t20-,23-,24-,26-,27-/m1/s1. The van der Waals surface area contributed by atoms with Crippen LogP contribution in [0, 0.1) is 23.2 Å². The molecule has 0 amide bonds. The second kappa shape index (κ2) is 8.74. The van der Waals surface area contributed by atoms with Crippen molar-refractivity contribution in [1.29, 1.82) is 0 Å². The van der Waals surface area contributed by atoms with E-state index in [2.05, 4.69) is 20.4 Å². The molecule has 3 nitrogen and oxygen atoms in total. The Bertz CT molecular complexity index is 725. The first-order chi connectivity index (χ1) is 13.9. The van der Waals surface area contributed by atoms with Gasteiger partial charge in [-0.2, -0.15) is 0 Å². The number of fused-ring (bicyclic) bond motifs is 1. The lowest BCUT2D eigenvalue weighted by Crippen LogP contribution is -2.49. The molecule has 0 aliphatic heterocycles. The Labute approximate surface area is 183 Å². The highest BCUT2D eigenvalue weighted by Gasteiger charge is 2.57. The second-order valence-corrected chi connectivity index (χ2v) is 11.3. The van der Waals surface area contributed by atoms with E-state index in [-0.39, 0.29) is 17.1 Å². The van der Waals surface area contributed by atoms with Crippen LogP contribution < -0.4 is 0 Å². The maximum Gasteiger partial charge on any atom is 0.156 e. The molecule has 0 aromatic rings. The molecule has 3 heteroatoms. The third kappa shape index (κ3) is 4.99. The van der Waals surface area contributed by atoms with E-state index in [9.17, 15) is 15.0 Å². The molecule has 0 aromatic carbocycles. The van der Waals surface area contributed by atoms with Crippen molar-refractivity contribution in [3.8, 4) is 0 Å². The van der Waals surface area contributed by atoms with Gasteiger partial charge >= 0.3 is 0 Å². The number of carbonyl (C=O) groups excluding carboxylic acids is 1. The first kappa shape index (κ1) is 23.5. The lowest BCUT2D eigenvalue weighted by molar-refractivity contribution is -0.114. The van der Waals surface area contributed by atoms with Crippen LogP contribution in [0.3, 0.4) is 0 Å². The quantitative estimate of drug-likeness (QED) is 0.544. The highest BCUT2D eigenvalue weighted by molar-refractivity contribution is 5.93. The minimum atomic E-state index is -0.795. The third-order valence-electron chi connectivity index (χ3n) is 8.39. The van der Waals surface area contributed by atoms with E-state index in [1.54, 1.807) is 6.08 Å². The summed E-state index contributed by atoms with van der Waals surface area (Å²) in [6, 6.07) is 0. The molecule has 3 aliphatic carbocycles. The SMILES string of the molecule is C=C1CCC(=O)C=C1/C=C/[C@]1(O)CCC[C@]2(C)[C@@H]([C@H](C)CCCC(C)(C)O)CC[C@H]21. The number of hydrogen-bond donors (Lipinski definition) is 2. The van der Waals surface area contributed by atoms with Crippen molar-refractivity contribution in [2.75, 3.05) is 0 Å². The average Bonchev–Trinajstić information content (AvgIpc) is 3.00. The number of hydrogen-bond acceptors (Lipinski definition) is 3. The molecule has 0 bridgehead atoms. The molecule has 2 N–H and O–H groups in total. The van der Waals surface area contributed by atoms with Crippen LogP contribution in [-0.2, 0) is 4.79 Å². The van der Waals surface area contributed by atoms with Crippen LogP contribution in [-0.4, -0.2) is 27.2 Å². The molecule has 30 heavy (non-hydrogen) atoms. The largest absolute Gasteiger partial charge is 0.390 e. The van der Waals surface area contributed by atoms with E-state index in [4.69, 9.17) is 0 Å². The fourth-order valence-electron chi connectivity index (χ4n) is 6.73. The summed E-state index contributed by atoms with van der Waals surface area (Å²) in [6.45, 7) is 12.7. The molecule has 3 rings (SSSR count). The summed E-state index contributed by atoms with van der Waals surface area (Å²) in [5.74, 6) is 1.65. The van der Waals surface area contributed by atoms with Gasteiger partial charge in [0.25, 0.3) is 0 Å². The molecule has 0 radical (unpaired) electrons. The molecule has 0 heterocycles. The Hall–Kier alpha value is -1.19. The topological polar surface area (TPSA) is 57.5 Å². The number of aliphatic hydroxyl groups is 2. The number of allylic oxidation sites excluding steroid dienone is 4. The zero-order chi connectivity index (χ0) is 22.2. The van der Waals surface area contributed by atoms with E-state index >= 15 is 0 Å². The molecule has 0 unspecified atom stereocenters. The normalized spacial score (nSPS) is 36.1. The second-order valence-electron chi connectivity index (χ2n) is 11.3. The average molecular weight is 415 g/mol. The zero-order valence-electron chi connectivity index (χ0n) is 19.5. The van der Waals surface area contributed by atoms with Gasteiger partial charge in [-0.3, -0.25) is 4.79 Å². The Morgan fingerprint density at radius 2 is 2.03 bits per heavy atom. The molecule has 3 aliphatic rings. The molecule has 5 atom stereocenters. The van der Waals surface area contributed by atoms with Gasteiger partial charge in [-0.25, -0.2) is 0 Å².